The van der Waals surface area contributed by atoms with Crippen LogP contribution in [0, 0.1) is 0 Å². The van der Waals surface area contributed by atoms with Crippen molar-refractivity contribution in [1.82, 2.24) is 10.6 Å². The van der Waals surface area contributed by atoms with Crippen LogP contribution in [-0.4, -0.2) is 51.0 Å². The third-order valence-electron chi connectivity index (χ3n) is 4.74. The maximum absolute atomic E-state index is 14.1. The number of nitrogens with one attached hydrogen (secondary N) is 2. The molecule has 176 valence electrons. The minimum Gasteiger partial charge on any atom is -0.493 e. The van der Waals surface area contributed by atoms with Gasteiger partial charge >= 0.3 is 12.2 Å². The topological polar surface area (TPSA) is 106 Å². The van der Waals surface area contributed by atoms with Gasteiger partial charge in [0.25, 0.3) is 17.5 Å². The van der Waals surface area contributed by atoms with Crippen molar-refractivity contribution in [3.8, 4) is 17.2 Å². The van der Waals surface area contributed by atoms with Crippen LogP contribution >= 0.6 is 11.6 Å². The predicted molar refractivity (Wildman–Crippen MR) is 110 cm³/mol. The number of imide groups is 1. The summed E-state index contributed by atoms with van der Waals surface area (Å²) >= 11 is 5.83. The summed E-state index contributed by atoms with van der Waals surface area (Å²) < 4.78 is 57.7. The number of carbonyl (C=O) groups is 3. The Morgan fingerprint density at radius 1 is 1.06 bits per heavy atom. The van der Waals surface area contributed by atoms with Crippen molar-refractivity contribution in [1.29, 1.82) is 0 Å². The Labute approximate surface area is 190 Å². The molecular weight excluding hydrogens is 471 g/mol. The molecule has 1 aliphatic rings. The van der Waals surface area contributed by atoms with E-state index in [2.05, 4.69) is 0 Å². The number of rotatable bonds is 6. The predicted octanol–water partition coefficient (Wildman–Crippen LogP) is 3.11. The van der Waals surface area contributed by atoms with Gasteiger partial charge in [0.05, 0.1) is 27.0 Å². The molecule has 3 rings (SSSR count). The van der Waals surface area contributed by atoms with Crippen molar-refractivity contribution >= 4 is 35.1 Å². The fourth-order valence-corrected chi connectivity index (χ4v) is 3.37. The second-order valence-corrected chi connectivity index (χ2v) is 7.10. The van der Waals surface area contributed by atoms with Gasteiger partial charge in [-0.1, -0.05) is 17.7 Å². The molecule has 4 amide bonds. The highest BCUT2D eigenvalue weighted by Gasteiger charge is 2.69. The highest BCUT2D eigenvalue weighted by molar-refractivity contribution is 6.31. The highest BCUT2D eigenvalue weighted by Crippen LogP contribution is 2.40. The number of hydrogen-bond donors (Lipinski definition) is 2. The second kappa shape index (κ2) is 8.70. The van der Waals surface area contributed by atoms with E-state index in [-0.39, 0.29) is 38.4 Å². The van der Waals surface area contributed by atoms with Gasteiger partial charge in [-0.3, -0.25) is 14.9 Å². The van der Waals surface area contributed by atoms with Crippen LogP contribution < -0.4 is 29.7 Å². The Bertz CT molecular complexity index is 1100. The molecule has 1 aliphatic heterocycles. The molecule has 0 aromatic heterocycles. The Balaban J connectivity index is 2.04. The first-order chi connectivity index (χ1) is 15.5. The molecular formula is C20H17ClF3N3O6. The first-order valence-electron chi connectivity index (χ1n) is 9.10. The molecule has 0 saturated carbocycles. The van der Waals surface area contributed by atoms with Crippen LogP contribution in [0.15, 0.2) is 36.4 Å². The van der Waals surface area contributed by atoms with Gasteiger partial charge in [-0.2, -0.15) is 13.2 Å². The molecule has 1 atom stereocenters. The van der Waals surface area contributed by atoms with Crippen molar-refractivity contribution in [2.45, 2.75) is 11.8 Å². The molecule has 0 bridgehead atoms. The zero-order valence-corrected chi connectivity index (χ0v) is 18.1. The van der Waals surface area contributed by atoms with Gasteiger partial charge in [0, 0.05) is 10.6 Å². The van der Waals surface area contributed by atoms with Crippen molar-refractivity contribution in [3.63, 3.8) is 0 Å². The molecule has 0 radical (unpaired) electrons. The second-order valence-electron chi connectivity index (χ2n) is 6.67. The van der Waals surface area contributed by atoms with Crippen molar-refractivity contribution in [2.75, 3.05) is 26.2 Å². The molecule has 2 aromatic rings. The molecule has 33 heavy (non-hydrogen) atoms. The number of amides is 4. The number of carbonyl (C=O) groups excluding carboxylic acids is 3. The van der Waals surface area contributed by atoms with E-state index in [0.29, 0.717) is 0 Å². The maximum atomic E-state index is 14.1. The smallest absolute Gasteiger partial charge is 0.440 e. The number of methoxy groups -OCH3 is 3. The van der Waals surface area contributed by atoms with E-state index in [4.69, 9.17) is 25.8 Å². The number of urea groups is 1. The van der Waals surface area contributed by atoms with E-state index >= 15 is 0 Å². The first kappa shape index (κ1) is 24.0. The van der Waals surface area contributed by atoms with Crippen LogP contribution in [0.5, 0.6) is 17.2 Å². The van der Waals surface area contributed by atoms with Gasteiger partial charge in [0.2, 0.25) is 5.75 Å². The van der Waals surface area contributed by atoms with Gasteiger partial charge in [-0.25, -0.2) is 9.69 Å². The standard InChI is InChI=1S/C20H17ClF3N3O6/c1-31-13-7-10(8-14(32-2)15(13)33-3)16(28)25-19(20(22,23)24)17(29)27(18(30)26-19)12-6-4-5-11(21)9-12/h4-9H,1-3H3,(H,25,28)(H,26,30). The van der Waals surface area contributed by atoms with Gasteiger partial charge in [0.1, 0.15) is 0 Å². The number of anilines is 1. The number of alkyl halides is 3. The van der Waals surface area contributed by atoms with E-state index in [1.54, 1.807) is 10.6 Å². The molecule has 0 spiro atoms. The van der Waals surface area contributed by atoms with Crippen LogP contribution in [0.1, 0.15) is 10.4 Å². The SMILES string of the molecule is COc1cc(C(=O)NC2(C(F)(F)F)NC(=O)N(c3cccc(Cl)c3)C2=O)cc(OC)c1OC. The van der Waals surface area contributed by atoms with E-state index < -0.39 is 29.7 Å². The van der Waals surface area contributed by atoms with Crippen molar-refractivity contribution in [2.24, 2.45) is 0 Å². The Hall–Kier alpha value is -3.67. The van der Waals surface area contributed by atoms with Crippen LogP contribution in [0.3, 0.4) is 0 Å². The lowest BCUT2D eigenvalue weighted by molar-refractivity contribution is -0.197. The molecule has 1 fully saturated rings. The number of ether oxygens (including phenoxy) is 3. The number of nitrogens with zero attached hydrogens (tertiary/aromatic N) is 1. The van der Waals surface area contributed by atoms with Gasteiger partial charge in [-0.05, 0) is 30.3 Å². The van der Waals surface area contributed by atoms with Crippen LogP contribution in [0.2, 0.25) is 5.02 Å². The number of halogens is 4. The third kappa shape index (κ3) is 4.09. The Morgan fingerprint density at radius 2 is 1.67 bits per heavy atom. The summed E-state index contributed by atoms with van der Waals surface area (Å²) in [5, 5.41) is 3.25. The Kier molecular flexibility index (Phi) is 6.32. The number of benzene rings is 2. The summed E-state index contributed by atoms with van der Waals surface area (Å²) in [4.78, 5) is 38.4. The van der Waals surface area contributed by atoms with Gasteiger partial charge in [-0.15, -0.1) is 0 Å². The molecule has 13 heteroatoms. The van der Waals surface area contributed by atoms with Gasteiger partial charge in [0.15, 0.2) is 11.5 Å². The van der Waals surface area contributed by atoms with Crippen molar-refractivity contribution in [3.05, 3.63) is 47.0 Å². The molecule has 9 nitrogen and oxygen atoms in total. The average Bonchev–Trinajstić information content (AvgIpc) is 3.02. The zero-order chi connectivity index (χ0) is 24.6. The molecule has 1 saturated heterocycles. The first-order valence-corrected chi connectivity index (χ1v) is 9.48. The molecule has 1 heterocycles. The average molecular weight is 488 g/mol. The normalized spacial score (nSPS) is 18.1. The molecule has 2 N–H and O–H groups in total. The minimum absolute atomic E-state index is 0.00889. The summed E-state index contributed by atoms with van der Waals surface area (Å²) in [6.45, 7) is 0. The Morgan fingerprint density at radius 3 is 2.15 bits per heavy atom. The summed E-state index contributed by atoms with van der Waals surface area (Å²) in [5.41, 5.74) is -4.29. The molecule has 0 aliphatic carbocycles. The maximum Gasteiger partial charge on any atom is 0.440 e. The van der Waals surface area contributed by atoms with E-state index in [1.165, 1.54) is 39.5 Å². The lowest BCUT2D eigenvalue weighted by Crippen LogP contribution is -2.69. The third-order valence-corrected chi connectivity index (χ3v) is 4.98. The van der Waals surface area contributed by atoms with Crippen LogP contribution in [0.4, 0.5) is 23.7 Å². The summed E-state index contributed by atoms with van der Waals surface area (Å²) in [7, 11) is 3.80. The van der Waals surface area contributed by atoms with Crippen LogP contribution in [-0.2, 0) is 4.79 Å². The highest BCUT2D eigenvalue weighted by atomic mass is 35.5. The summed E-state index contributed by atoms with van der Waals surface area (Å²) in [6.07, 6.45) is -5.40. The quantitative estimate of drug-likeness (QED) is 0.606. The minimum atomic E-state index is -5.40. The zero-order valence-electron chi connectivity index (χ0n) is 17.4. The fraction of sp³-hybridized carbons (Fsp3) is 0.250. The molecule has 1 unspecified atom stereocenters. The fourth-order valence-electron chi connectivity index (χ4n) is 3.18. The summed E-state index contributed by atoms with van der Waals surface area (Å²) in [6, 6.07) is 5.90. The summed E-state index contributed by atoms with van der Waals surface area (Å²) in [5.74, 6) is -3.02. The van der Waals surface area contributed by atoms with Crippen molar-refractivity contribution < 1.29 is 41.8 Å². The lowest BCUT2D eigenvalue weighted by Gasteiger charge is -2.30. The van der Waals surface area contributed by atoms with E-state index in [1.807, 2.05) is 0 Å². The lowest BCUT2D eigenvalue weighted by atomic mass is 10.1. The number of hydrogen-bond acceptors (Lipinski definition) is 6. The van der Waals surface area contributed by atoms with E-state index in [9.17, 15) is 27.6 Å². The monoisotopic (exact) mass is 487 g/mol. The molecule has 2 aromatic carbocycles. The largest absolute Gasteiger partial charge is 0.493 e. The van der Waals surface area contributed by atoms with Gasteiger partial charge < -0.3 is 19.5 Å². The van der Waals surface area contributed by atoms with Crippen LogP contribution in [0.25, 0.3) is 0 Å². The van der Waals surface area contributed by atoms with E-state index in [0.717, 1.165) is 18.2 Å².